The number of aryl methyl sites for hydroxylation is 1. The second kappa shape index (κ2) is 8.88. The molecule has 28 heavy (non-hydrogen) atoms. The Labute approximate surface area is 167 Å². The summed E-state index contributed by atoms with van der Waals surface area (Å²) >= 11 is 0. The predicted molar refractivity (Wildman–Crippen MR) is 109 cm³/mol. The highest BCUT2D eigenvalue weighted by Gasteiger charge is 2.36. The van der Waals surface area contributed by atoms with E-state index in [1.165, 1.54) is 5.56 Å². The molecule has 150 valence electrons. The first-order valence-corrected chi connectivity index (χ1v) is 10.5. The lowest BCUT2D eigenvalue weighted by atomic mass is 9.81. The average Bonchev–Trinajstić information content (AvgIpc) is 3.38. The molecular formula is C22H31N5O. The number of benzene rings is 1. The Kier molecular flexibility index (Phi) is 6.07. The minimum atomic E-state index is 0.212. The zero-order valence-electron chi connectivity index (χ0n) is 16.7. The van der Waals surface area contributed by atoms with Crippen LogP contribution in [-0.2, 0) is 24.2 Å². The molecule has 2 unspecified atom stereocenters. The molecule has 0 spiro atoms. The van der Waals surface area contributed by atoms with E-state index in [-0.39, 0.29) is 5.91 Å². The lowest BCUT2D eigenvalue weighted by Crippen LogP contribution is -2.47. The van der Waals surface area contributed by atoms with Crippen LogP contribution in [0.2, 0.25) is 0 Å². The van der Waals surface area contributed by atoms with Gasteiger partial charge in [-0.15, -0.1) is 0 Å². The summed E-state index contributed by atoms with van der Waals surface area (Å²) in [5.41, 5.74) is 8.31. The van der Waals surface area contributed by atoms with Crippen LogP contribution in [0.1, 0.15) is 31.2 Å². The standard InChI is InChI=1S/C22H31N5O/c1-2-20-23-10-13-27(20)16-21(28)26-11-8-18(9-12-26)22-19(15-24-25-22)14-17-6-4-3-5-7-17/h3-7,10,13,18-19,22,24-25H,2,8-9,11-12,14-16H2,1H3. The van der Waals surface area contributed by atoms with E-state index in [0.717, 1.165) is 51.1 Å². The van der Waals surface area contributed by atoms with Crippen LogP contribution in [-0.4, -0.2) is 46.0 Å². The van der Waals surface area contributed by atoms with E-state index in [0.29, 0.717) is 24.4 Å². The number of nitrogens with one attached hydrogen (secondary N) is 2. The fraction of sp³-hybridized carbons (Fsp3) is 0.545. The number of carbonyl (C=O) groups excluding carboxylic acids is 1. The number of hydrogen-bond donors (Lipinski definition) is 2. The van der Waals surface area contributed by atoms with Crippen LogP contribution in [0.15, 0.2) is 42.7 Å². The molecule has 3 heterocycles. The quantitative estimate of drug-likeness (QED) is 0.804. The number of likely N-dealkylation sites (tertiary alicyclic amines) is 1. The third kappa shape index (κ3) is 4.28. The largest absolute Gasteiger partial charge is 0.341 e. The second-order valence-electron chi connectivity index (χ2n) is 8.04. The molecule has 0 saturated carbocycles. The van der Waals surface area contributed by atoms with Gasteiger partial charge in [-0.3, -0.25) is 15.6 Å². The van der Waals surface area contributed by atoms with Crippen LogP contribution in [0.5, 0.6) is 0 Å². The van der Waals surface area contributed by atoms with Crippen molar-refractivity contribution in [3.63, 3.8) is 0 Å². The van der Waals surface area contributed by atoms with E-state index >= 15 is 0 Å². The summed E-state index contributed by atoms with van der Waals surface area (Å²) in [5.74, 6) is 2.41. The summed E-state index contributed by atoms with van der Waals surface area (Å²) in [6, 6.07) is 11.2. The van der Waals surface area contributed by atoms with E-state index in [2.05, 4.69) is 53.1 Å². The van der Waals surface area contributed by atoms with Crippen molar-refractivity contribution in [2.45, 2.75) is 45.2 Å². The highest BCUT2D eigenvalue weighted by atomic mass is 16.2. The average molecular weight is 382 g/mol. The van der Waals surface area contributed by atoms with Gasteiger partial charge in [0.2, 0.25) is 5.91 Å². The van der Waals surface area contributed by atoms with Crippen molar-refractivity contribution < 1.29 is 4.79 Å². The molecule has 1 amide bonds. The summed E-state index contributed by atoms with van der Waals surface area (Å²) in [4.78, 5) is 19.1. The fourth-order valence-corrected chi connectivity index (χ4v) is 4.72. The van der Waals surface area contributed by atoms with E-state index in [1.807, 2.05) is 15.7 Å². The van der Waals surface area contributed by atoms with Crippen molar-refractivity contribution in [2.24, 2.45) is 11.8 Å². The second-order valence-corrected chi connectivity index (χ2v) is 8.04. The topological polar surface area (TPSA) is 62.2 Å². The summed E-state index contributed by atoms with van der Waals surface area (Å²) in [5, 5.41) is 0. The number of hydrazine groups is 1. The number of nitrogens with zero attached hydrogens (tertiary/aromatic N) is 3. The Balaban J connectivity index is 1.30. The van der Waals surface area contributed by atoms with Gasteiger partial charge in [0.25, 0.3) is 0 Å². The Morgan fingerprint density at radius 3 is 2.75 bits per heavy atom. The van der Waals surface area contributed by atoms with Crippen molar-refractivity contribution in [3.8, 4) is 0 Å². The Morgan fingerprint density at radius 1 is 1.21 bits per heavy atom. The van der Waals surface area contributed by atoms with Crippen LogP contribution in [0.25, 0.3) is 0 Å². The zero-order chi connectivity index (χ0) is 19.3. The molecule has 2 saturated heterocycles. The first-order chi connectivity index (χ1) is 13.7. The van der Waals surface area contributed by atoms with Gasteiger partial charge < -0.3 is 9.47 Å². The highest BCUT2D eigenvalue weighted by molar-refractivity contribution is 5.76. The number of aromatic nitrogens is 2. The lowest BCUT2D eigenvalue weighted by Gasteiger charge is -2.36. The van der Waals surface area contributed by atoms with E-state index in [9.17, 15) is 4.79 Å². The zero-order valence-corrected chi connectivity index (χ0v) is 16.7. The number of amides is 1. The third-order valence-electron chi connectivity index (χ3n) is 6.31. The molecular weight excluding hydrogens is 350 g/mol. The normalized spacial score (nSPS) is 23.2. The van der Waals surface area contributed by atoms with Crippen LogP contribution in [0, 0.1) is 11.8 Å². The van der Waals surface area contributed by atoms with Crippen LogP contribution in [0.4, 0.5) is 0 Å². The minimum Gasteiger partial charge on any atom is -0.341 e. The van der Waals surface area contributed by atoms with Gasteiger partial charge in [-0.25, -0.2) is 4.98 Å². The Morgan fingerprint density at radius 2 is 2.00 bits per heavy atom. The molecule has 1 aromatic carbocycles. The minimum absolute atomic E-state index is 0.212. The molecule has 0 aliphatic carbocycles. The molecule has 6 heteroatoms. The number of piperidine rings is 1. The van der Waals surface area contributed by atoms with Gasteiger partial charge in [0.05, 0.1) is 0 Å². The molecule has 2 aromatic rings. The van der Waals surface area contributed by atoms with Gasteiger partial charge in [0.1, 0.15) is 12.4 Å². The molecule has 2 aliphatic heterocycles. The number of imidazole rings is 1. The summed E-state index contributed by atoms with van der Waals surface area (Å²) < 4.78 is 1.98. The van der Waals surface area contributed by atoms with Crippen molar-refractivity contribution >= 4 is 5.91 Å². The first kappa shape index (κ1) is 19.2. The van der Waals surface area contributed by atoms with Crippen molar-refractivity contribution in [1.29, 1.82) is 0 Å². The number of rotatable bonds is 6. The van der Waals surface area contributed by atoms with Gasteiger partial charge >= 0.3 is 0 Å². The van der Waals surface area contributed by atoms with Crippen LogP contribution in [0.3, 0.4) is 0 Å². The van der Waals surface area contributed by atoms with Crippen molar-refractivity contribution in [3.05, 3.63) is 54.1 Å². The summed E-state index contributed by atoms with van der Waals surface area (Å²) in [6.07, 6.45) is 7.79. The molecule has 2 N–H and O–H groups in total. The van der Waals surface area contributed by atoms with Gasteiger partial charge in [0.15, 0.2) is 0 Å². The summed E-state index contributed by atoms with van der Waals surface area (Å²) in [7, 11) is 0. The first-order valence-electron chi connectivity index (χ1n) is 10.5. The van der Waals surface area contributed by atoms with E-state index in [1.54, 1.807) is 6.20 Å². The predicted octanol–water partition coefficient (Wildman–Crippen LogP) is 2.02. The monoisotopic (exact) mass is 381 g/mol. The molecule has 1 aromatic heterocycles. The maximum absolute atomic E-state index is 12.7. The van der Waals surface area contributed by atoms with E-state index < -0.39 is 0 Å². The molecule has 6 nitrogen and oxygen atoms in total. The van der Waals surface area contributed by atoms with Crippen LogP contribution >= 0.6 is 0 Å². The molecule has 0 radical (unpaired) electrons. The van der Waals surface area contributed by atoms with Gasteiger partial charge in [0, 0.05) is 44.5 Å². The van der Waals surface area contributed by atoms with Crippen molar-refractivity contribution in [1.82, 2.24) is 25.3 Å². The third-order valence-corrected chi connectivity index (χ3v) is 6.31. The summed E-state index contributed by atoms with van der Waals surface area (Å²) in [6.45, 7) is 5.21. The van der Waals surface area contributed by atoms with E-state index in [4.69, 9.17) is 0 Å². The smallest absolute Gasteiger partial charge is 0.242 e. The maximum Gasteiger partial charge on any atom is 0.242 e. The Bertz CT molecular complexity index is 766. The van der Waals surface area contributed by atoms with Crippen molar-refractivity contribution in [2.75, 3.05) is 19.6 Å². The molecule has 2 aliphatic rings. The van der Waals surface area contributed by atoms with Gasteiger partial charge in [-0.05, 0) is 36.7 Å². The fourth-order valence-electron chi connectivity index (χ4n) is 4.72. The molecule has 4 rings (SSSR count). The van der Waals surface area contributed by atoms with Crippen LogP contribution < -0.4 is 10.9 Å². The highest BCUT2D eigenvalue weighted by Crippen LogP contribution is 2.28. The molecule has 2 atom stereocenters. The molecule has 2 fully saturated rings. The number of carbonyl (C=O) groups is 1. The Hall–Kier alpha value is -2.18. The lowest BCUT2D eigenvalue weighted by molar-refractivity contribution is -0.133. The maximum atomic E-state index is 12.7. The molecule has 0 bridgehead atoms. The SMILES string of the molecule is CCc1nccn1CC(=O)N1CCC(C2NNCC2Cc2ccccc2)CC1. The van der Waals surface area contributed by atoms with Gasteiger partial charge in [-0.1, -0.05) is 37.3 Å². The van der Waals surface area contributed by atoms with Gasteiger partial charge in [-0.2, -0.15) is 0 Å². The number of hydrogen-bond acceptors (Lipinski definition) is 4.